The van der Waals surface area contributed by atoms with Gasteiger partial charge in [0.05, 0.1) is 23.8 Å². The molecular formula is C16H13ClFN3. The second-order valence-electron chi connectivity index (χ2n) is 4.56. The van der Waals surface area contributed by atoms with Crippen molar-refractivity contribution < 1.29 is 4.39 Å². The van der Waals surface area contributed by atoms with Gasteiger partial charge in [-0.2, -0.15) is 5.10 Å². The van der Waals surface area contributed by atoms with Crippen LogP contribution in [-0.4, -0.2) is 9.78 Å². The van der Waals surface area contributed by atoms with Crippen molar-refractivity contribution in [2.24, 2.45) is 0 Å². The van der Waals surface area contributed by atoms with E-state index in [-0.39, 0.29) is 5.82 Å². The van der Waals surface area contributed by atoms with Crippen molar-refractivity contribution in [3.05, 3.63) is 77.3 Å². The predicted molar refractivity (Wildman–Crippen MR) is 82.3 cm³/mol. The Morgan fingerprint density at radius 1 is 1.10 bits per heavy atom. The number of para-hydroxylation sites is 1. The number of aromatic nitrogens is 2. The monoisotopic (exact) mass is 301 g/mol. The van der Waals surface area contributed by atoms with Gasteiger partial charge in [-0.25, -0.2) is 9.07 Å². The Bertz CT molecular complexity index is 720. The molecule has 0 saturated carbocycles. The summed E-state index contributed by atoms with van der Waals surface area (Å²) >= 11 is 6.00. The fourth-order valence-electron chi connectivity index (χ4n) is 2.03. The zero-order valence-corrected chi connectivity index (χ0v) is 11.9. The molecule has 0 radical (unpaired) electrons. The Kier molecular flexibility index (Phi) is 3.88. The van der Waals surface area contributed by atoms with E-state index in [1.54, 1.807) is 23.0 Å². The van der Waals surface area contributed by atoms with Gasteiger partial charge in [0.25, 0.3) is 0 Å². The number of benzene rings is 2. The van der Waals surface area contributed by atoms with E-state index < -0.39 is 0 Å². The van der Waals surface area contributed by atoms with E-state index in [9.17, 15) is 4.39 Å². The van der Waals surface area contributed by atoms with Crippen molar-refractivity contribution in [2.75, 3.05) is 5.32 Å². The largest absolute Gasteiger partial charge is 0.378 e. The molecule has 0 aliphatic heterocycles. The van der Waals surface area contributed by atoms with E-state index >= 15 is 0 Å². The normalized spacial score (nSPS) is 10.6. The molecular weight excluding hydrogens is 289 g/mol. The van der Waals surface area contributed by atoms with Gasteiger partial charge < -0.3 is 5.32 Å². The van der Waals surface area contributed by atoms with Gasteiger partial charge in [0.1, 0.15) is 5.82 Å². The lowest BCUT2D eigenvalue weighted by Gasteiger charge is -2.07. The van der Waals surface area contributed by atoms with Crippen molar-refractivity contribution in [1.82, 2.24) is 9.78 Å². The summed E-state index contributed by atoms with van der Waals surface area (Å²) < 4.78 is 15.4. The molecule has 3 aromatic rings. The highest BCUT2D eigenvalue weighted by atomic mass is 35.5. The van der Waals surface area contributed by atoms with Gasteiger partial charge in [-0.15, -0.1) is 0 Å². The van der Waals surface area contributed by atoms with Crippen molar-refractivity contribution in [1.29, 1.82) is 0 Å². The molecule has 0 amide bonds. The summed E-state index contributed by atoms with van der Waals surface area (Å²) in [5.74, 6) is -0.314. The van der Waals surface area contributed by atoms with Gasteiger partial charge >= 0.3 is 0 Å². The van der Waals surface area contributed by atoms with Crippen molar-refractivity contribution in [3.8, 4) is 5.69 Å². The summed E-state index contributed by atoms with van der Waals surface area (Å²) in [5.41, 5.74) is 2.22. The van der Waals surface area contributed by atoms with Crippen LogP contribution < -0.4 is 5.32 Å². The number of rotatable bonds is 4. The Morgan fingerprint density at radius 3 is 2.67 bits per heavy atom. The fourth-order valence-corrected chi connectivity index (χ4v) is 2.26. The first-order chi connectivity index (χ1) is 10.2. The summed E-state index contributed by atoms with van der Waals surface area (Å²) in [6.07, 6.45) is 3.55. The number of hydrogen-bond acceptors (Lipinski definition) is 2. The van der Waals surface area contributed by atoms with Crippen LogP contribution in [0.5, 0.6) is 0 Å². The lowest BCUT2D eigenvalue weighted by molar-refractivity contribution is 0.613. The van der Waals surface area contributed by atoms with Crippen LogP contribution in [0.4, 0.5) is 10.1 Å². The highest BCUT2D eigenvalue weighted by Crippen LogP contribution is 2.20. The van der Waals surface area contributed by atoms with Crippen LogP contribution in [0, 0.1) is 5.82 Å². The molecule has 3 rings (SSSR count). The Morgan fingerprint density at radius 2 is 1.90 bits per heavy atom. The average Bonchev–Trinajstić information content (AvgIpc) is 2.97. The molecule has 0 spiro atoms. The molecule has 2 aromatic carbocycles. The maximum absolute atomic E-state index is 13.7. The third kappa shape index (κ3) is 3.06. The number of anilines is 1. The van der Waals surface area contributed by atoms with E-state index in [0.717, 1.165) is 11.4 Å². The van der Waals surface area contributed by atoms with Crippen LogP contribution in [0.1, 0.15) is 5.56 Å². The lowest BCUT2D eigenvalue weighted by atomic mass is 10.2. The second kappa shape index (κ2) is 5.97. The zero-order chi connectivity index (χ0) is 14.7. The van der Waals surface area contributed by atoms with Crippen LogP contribution in [0.15, 0.2) is 60.9 Å². The summed E-state index contributed by atoms with van der Waals surface area (Å²) in [7, 11) is 0. The molecule has 1 aromatic heterocycles. The molecule has 1 heterocycles. The van der Waals surface area contributed by atoms with Crippen LogP contribution in [-0.2, 0) is 6.54 Å². The first-order valence-corrected chi connectivity index (χ1v) is 6.89. The van der Waals surface area contributed by atoms with Crippen molar-refractivity contribution in [2.45, 2.75) is 6.54 Å². The fraction of sp³-hybridized carbons (Fsp3) is 0.0625. The number of nitrogens with one attached hydrogen (secondary N) is 1. The summed E-state index contributed by atoms with van der Waals surface area (Å²) in [4.78, 5) is 0. The van der Waals surface area contributed by atoms with Gasteiger partial charge in [-0.05, 0) is 24.3 Å². The molecule has 1 N–H and O–H groups in total. The molecule has 0 aliphatic carbocycles. The number of hydrogen-bond donors (Lipinski definition) is 1. The molecule has 0 unspecified atom stereocenters. The summed E-state index contributed by atoms with van der Waals surface area (Å²) in [5, 5.41) is 7.81. The molecule has 3 nitrogen and oxygen atoms in total. The maximum atomic E-state index is 13.7. The standard InChI is InChI=1S/C16H13ClFN3/c17-15-7-4-8-16(18)14(15)10-19-12-9-20-21(11-12)13-5-2-1-3-6-13/h1-9,11,19H,10H2. The first-order valence-electron chi connectivity index (χ1n) is 6.51. The Balaban J connectivity index is 1.74. The third-order valence-electron chi connectivity index (χ3n) is 3.13. The van der Waals surface area contributed by atoms with Crippen LogP contribution >= 0.6 is 11.6 Å². The van der Waals surface area contributed by atoms with Gasteiger partial charge in [0.2, 0.25) is 0 Å². The minimum atomic E-state index is -0.314. The van der Waals surface area contributed by atoms with Gasteiger partial charge in [0, 0.05) is 17.1 Å². The molecule has 0 bridgehead atoms. The van der Waals surface area contributed by atoms with E-state index in [2.05, 4.69) is 10.4 Å². The highest BCUT2D eigenvalue weighted by molar-refractivity contribution is 6.31. The molecule has 5 heteroatoms. The van der Waals surface area contributed by atoms with Crippen molar-refractivity contribution in [3.63, 3.8) is 0 Å². The number of halogens is 2. The Labute approximate surface area is 127 Å². The SMILES string of the molecule is Fc1cccc(Cl)c1CNc1cnn(-c2ccccc2)c1. The average molecular weight is 302 g/mol. The van der Waals surface area contributed by atoms with Crippen molar-refractivity contribution >= 4 is 17.3 Å². The molecule has 0 atom stereocenters. The molecule has 0 saturated heterocycles. The van der Waals surface area contributed by atoms with Gasteiger partial charge in [-0.1, -0.05) is 35.9 Å². The van der Waals surface area contributed by atoms with Crippen LogP contribution in [0.3, 0.4) is 0 Å². The predicted octanol–water partition coefficient (Wildman–Crippen LogP) is 4.28. The summed E-state index contributed by atoms with van der Waals surface area (Å²) in [6.45, 7) is 0.311. The van der Waals surface area contributed by atoms with Crippen LogP contribution in [0.2, 0.25) is 5.02 Å². The minimum absolute atomic E-state index is 0.311. The Hall–Kier alpha value is -2.33. The smallest absolute Gasteiger partial charge is 0.129 e. The van der Waals surface area contributed by atoms with E-state index in [1.807, 2.05) is 36.5 Å². The van der Waals surface area contributed by atoms with Gasteiger partial charge in [0.15, 0.2) is 0 Å². The first kappa shape index (κ1) is 13.6. The highest BCUT2D eigenvalue weighted by Gasteiger charge is 2.07. The molecule has 106 valence electrons. The second-order valence-corrected chi connectivity index (χ2v) is 4.97. The zero-order valence-electron chi connectivity index (χ0n) is 11.1. The number of nitrogens with zero attached hydrogens (tertiary/aromatic N) is 2. The quantitative estimate of drug-likeness (QED) is 0.779. The topological polar surface area (TPSA) is 29.9 Å². The van der Waals surface area contributed by atoms with E-state index in [4.69, 9.17) is 11.6 Å². The third-order valence-corrected chi connectivity index (χ3v) is 3.49. The van der Waals surface area contributed by atoms with Crippen LogP contribution in [0.25, 0.3) is 5.69 Å². The van der Waals surface area contributed by atoms with E-state index in [1.165, 1.54) is 6.07 Å². The molecule has 0 aliphatic rings. The summed E-state index contributed by atoms with van der Waals surface area (Å²) in [6, 6.07) is 14.4. The van der Waals surface area contributed by atoms with E-state index in [0.29, 0.717) is 17.1 Å². The van der Waals surface area contributed by atoms with Gasteiger partial charge in [-0.3, -0.25) is 0 Å². The molecule has 0 fully saturated rings. The minimum Gasteiger partial charge on any atom is -0.378 e. The maximum Gasteiger partial charge on any atom is 0.129 e. The molecule has 21 heavy (non-hydrogen) atoms. The lowest BCUT2D eigenvalue weighted by Crippen LogP contribution is -2.02.